The molecule has 6 nitrogen and oxygen atoms in total. The molecular formula is C27H27FN4O2. The highest BCUT2D eigenvalue weighted by Gasteiger charge is 2.51. The Bertz CT molecular complexity index is 1290. The molecule has 0 radical (unpaired) electrons. The first-order valence-corrected chi connectivity index (χ1v) is 11.4. The lowest BCUT2D eigenvalue weighted by molar-refractivity contribution is -0.139. The van der Waals surface area contributed by atoms with Crippen LogP contribution in [0.3, 0.4) is 0 Å². The van der Waals surface area contributed by atoms with Gasteiger partial charge in [-0.25, -0.2) is 9.37 Å². The van der Waals surface area contributed by atoms with E-state index in [1.165, 1.54) is 12.1 Å². The van der Waals surface area contributed by atoms with Crippen LogP contribution in [-0.2, 0) is 10.3 Å². The number of ether oxygens (including phenoxy) is 1. The Morgan fingerprint density at radius 2 is 1.97 bits per heavy atom. The Balaban J connectivity index is 1.45. The number of rotatable bonds is 5. The Hall–Kier alpha value is -3.74. The van der Waals surface area contributed by atoms with Crippen LogP contribution in [0.4, 0.5) is 4.39 Å². The SMILES string of the molecule is COc1cc(/C=C/C2=NCC3(c4ccc(F)cc4)CCC(C)C(=O)N23)ccc1-n1cnc(C)c1. The molecule has 0 aliphatic carbocycles. The van der Waals surface area contributed by atoms with Crippen molar-refractivity contribution in [2.24, 2.45) is 10.9 Å². The van der Waals surface area contributed by atoms with Crippen molar-refractivity contribution in [1.82, 2.24) is 14.5 Å². The number of piperidine rings is 1. The molecule has 7 heteroatoms. The lowest BCUT2D eigenvalue weighted by Gasteiger charge is -2.44. The standard InChI is InChI=1S/C27H27FN4O2/c1-18-12-13-27(21-6-8-22(28)9-7-21)16-29-25(32(27)26(18)33)11-5-20-4-10-23(24(14-20)34-3)31-15-19(2)30-17-31/h4-11,14-15,17-18H,12-13,16H2,1-3H3/b11-5+. The summed E-state index contributed by atoms with van der Waals surface area (Å²) < 4.78 is 21.1. The topological polar surface area (TPSA) is 59.7 Å². The zero-order valence-corrected chi connectivity index (χ0v) is 19.5. The zero-order valence-electron chi connectivity index (χ0n) is 19.5. The molecule has 0 bridgehead atoms. The van der Waals surface area contributed by atoms with Gasteiger partial charge in [-0.1, -0.05) is 31.2 Å². The van der Waals surface area contributed by atoms with E-state index in [0.717, 1.165) is 41.1 Å². The lowest BCUT2D eigenvalue weighted by atomic mass is 9.78. The first-order valence-electron chi connectivity index (χ1n) is 11.4. The maximum Gasteiger partial charge on any atom is 0.231 e. The summed E-state index contributed by atoms with van der Waals surface area (Å²) in [5, 5.41) is 0. The van der Waals surface area contributed by atoms with E-state index in [-0.39, 0.29) is 17.6 Å². The molecule has 174 valence electrons. The maximum atomic E-state index is 13.6. The molecule has 1 fully saturated rings. The van der Waals surface area contributed by atoms with Crippen LogP contribution in [0.5, 0.6) is 5.75 Å². The van der Waals surface area contributed by atoms with E-state index < -0.39 is 5.54 Å². The van der Waals surface area contributed by atoms with Crippen LogP contribution in [0.25, 0.3) is 11.8 Å². The summed E-state index contributed by atoms with van der Waals surface area (Å²) in [5.41, 5.74) is 3.11. The first-order chi connectivity index (χ1) is 16.4. The number of benzene rings is 2. The number of aliphatic imine (C=N–C) groups is 1. The summed E-state index contributed by atoms with van der Waals surface area (Å²) >= 11 is 0. The van der Waals surface area contributed by atoms with Gasteiger partial charge in [-0.3, -0.25) is 14.7 Å². The third-order valence-electron chi connectivity index (χ3n) is 6.79. The number of nitrogens with zero attached hydrogens (tertiary/aromatic N) is 4. The van der Waals surface area contributed by atoms with Crippen molar-refractivity contribution in [2.45, 2.75) is 32.2 Å². The van der Waals surface area contributed by atoms with Gasteiger partial charge >= 0.3 is 0 Å². The lowest BCUT2D eigenvalue weighted by Crippen LogP contribution is -2.55. The highest BCUT2D eigenvalue weighted by atomic mass is 19.1. The van der Waals surface area contributed by atoms with Crippen LogP contribution in [0, 0.1) is 18.7 Å². The number of amides is 1. The summed E-state index contributed by atoms with van der Waals surface area (Å²) in [4.78, 5) is 24.2. The highest BCUT2D eigenvalue weighted by molar-refractivity contribution is 6.09. The first kappa shape index (κ1) is 22.1. The molecular weight excluding hydrogens is 431 g/mol. The van der Waals surface area contributed by atoms with Crippen molar-refractivity contribution in [2.75, 3.05) is 13.7 Å². The second-order valence-corrected chi connectivity index (χ2v) is 9.01. The normalized spacial score (nSPS) is 22.2. The van der Waals surface area contributed by atoms with E-state index >= 15 is 0 Å². The number of carbonyl (C=O) groups is 1. The minimum absolute atomic E-state index is 0.0554. The Labute approximate surface area is 198 Å². The molecule has 1 aromatic heterocycles. The third kappa shape index (κ3) is 3.71. The molecule has 0 spiro atoms. The Morgan fingerprint density at radius 1 is 1.18 bits per heavy atom. The van der Waals surface area contributed by atoms with Crippen LogP contribution < -0.4 is 4.74 Å². The largest absolute Gasteiger partial charge is 0.495 e. The number of amidine groups is 1. The minimum Gasteiger partial charge on any atom is -0.495 e. The van der Waals surface area contributed by atoms with Gasteiger partial charge in [0.2, 0.25) is 5.91 Å². The van der Waals surface area contributed by atoms with Gasteiger partial charge in [-0.2, -0.15) is 0 Å². The number of imidazole rings is 1. The number of aromatic nitrogens is 2. The van der Waals surface area contributed by atoms with Gasteiger partial charge in [0.05, 0.1) is 36.9 Å². The molecule has 0 N–H and O–H groups in total. The summed E-state index contributed by atoms with van der Waals surface area (Å²) in [6.45, 7) is 4.37. The number of fused-ring (bicyclic) bond motifs is 1. The van der Waals surface area contributed by atoms with Crippen LogP contribution in [-0.4, -0.2) is 39.8 Å². The van der Waals surface area contributed by atoms with Crippen LogP contribution in [0.15, 0.2) is 66.1 Å². The number of aryl methyl sites for hydroxylation is 1. The molecule has 5 rings (SSSR count). The molecule has 1 amide bonds. The van der Waals surface area contributed by atoms with E-state index in [4.69, 9.17) is 9.73 Å². The average Bonchev–Trinajstić information content (AvgIpc) is 3.45. The van der Waals surface area contributed by atoms with Gasteiger partial charge < -0.3 is 9.30 Å². The fourth-order valence-electron chi connectivity index (χ4n) is 4.87. The van der Waals surface area contributed by atoms with Crippen molar-refractivity contribution in [3.8, 4) is 11.4 Å². The molecule has 2 aromatic carbocycles. The minimum atomic E-state index is -0.558. The van der Waals surface area contributed by atoms with Gasteiger partial charge in [-0.05, 0) is 61.2 Å². The van der Waals surface area contributed by atoms with Crippen LogP contribution >= 0.6 is 0 Å². The fraction of sp³-hybridized carbons (Fsp3) is 0.296. The van der Waals surface area contributed by atoms with E-state index in [9.17, 15) is 9.18 Å². The molecule has 0 saturated carbocycles. The maximum absolute atomic E-state index is 13.6. The Kier molecular flexibility index (Phi) is 5.55. The number of hydrogen-bond acceptors (Lipinski definition) is 4. The zero-order chi connectivity index (χ0) is 23.9. The number of hydrogen-bond donors (Lipinski definition) is 0. The molecule has 2 aliphatic rings. The summed E-state index contributed by atoms with van der Waals surface area (Å²) in [5.74, 6) is 1.04. The predicted octanol–water partition coefficient (Wildman–Crippen LogP) is 4.91. The molecule has 2 atom stereocenters. The quantitative estimate of drug-likeness (QED) is 0.546. The monoisotopic (exact) mass is 458 g/mol. The molecule has 2 aliphatic heterocycles. The fourth-order valence-corrected chi connectivity index (χ4v) is 4.87. The molecule has 34 heavy (non-hydrogen) atoms. The number of halogens is 1. The summed E-state index contributed by atoms with van der Waals surface area (Å²) in [7, 11) is 1.64. The molecule has 3 heterocycles. The van der Waals surface area contributed by atoms with Gasteiger partial charge in [-0.15, -0.1) is 0 Å². The van der Waals surface area contributed by atoms with E-state index in [1.54, 1.807) is 25.6 Å². The van der Waals surface area contributed by atoms with Gasteiger partial charge in [0.1, 0.15) is 17.4 Å². The average molecular weight is 459 g/mol. The van der Waals surface area contributed by atoms with E-state index in [1.807, 2.05) is 59.9 Å². The van der Waals surface area contributed by atoms with Crippen molar-refractivity contribution < 1.29 is 13.9 Å². The second-order valence-electron chi connectivity index (χ2n) is 9.01. The predicted molar refractivity (Wildman–Crippen MR) is 130 cm³/mol. The summed E-state index contributed by atoms with van der Waals surface area (Å²) in [6.07, 6.45) is 9.10. The van der Waals surface area contributed by atoms with Crippen molar-refractivity contribution >= 4 is 17.8 Å². The highest BCUT2D eigenvalue weighted by Crippen LogP contribution is 2.44. The van der Waals surface area contributed by atoms with Crippen molar-refractivity contribution in [3.63, 3.8) is 0 Å². The van der Waals surface area contributed by atoms with Crippen LogP contribution in [0.2, 0.25) is 0 Å². The van der Waals surface area contributed by atoms with Crippen molar-refractivity contribution in [3.05, 3.63) is 83.7 Å². The van der Waals surface area contributed by atoms with Gasteiger partial charge in [0.15, 0.2) is 0 Å². The summed E-state index contributed by atoms with van der Waals surface area (Å²) in [6, 6.07) is 12.4. The second kappa shape index (κ2) is 8.56. The molecule has 1 saturated heterocycles. The van der Waals surface area contributed by atoms with E-state index in [2.05, 4.69) is 4.98 Å². The van der Waals surface area contributed by atoms with Crippen molar-refractivity contribution in [1.29, 1.82) is 0 Å². The number of carbonyl (C=O) groups excluding carboxylic acids is 1. The number of methoxy groups -OCH3 is 1. The smallest absolute Gasteiger partial charge is 0.231 e. The van der Waals surface area contributed by atoms with Gasteiger partial charge in [0, 0.05) is 12.1 Å². The third-order valence-corrected chi connectivity index (χ3v) is 6.79. The van der Waals surface area contributed by atoms with Crippen LogP contribution in [0.1, 0.15) is 36.6 Å². The van der Waals surface area contributed by atoms with E-state index in [0.29, 0.717) is 12.4 Å². The molecule has 2 unspecified atom stereocenters. The Morgan fingerprint density at radius 3 is 2.68 bits per heavy atom. The molecule has 3 aromatic rings. The van der Waals surface area contributed by atoms with Gasteiger partial charge in [0.25, 0.3) is 0 Å².